The summed E-state index contributed by atoms with van der Waals surface area (Å²) in [6.07, 6.45) is 2.45. The number of benzene rings is 1. The Balaban J connectivity index is 2.63. The Labute approximate surface area is 109 Å². The predicted octanol–water partition coefficient (Wildman–Crippen LogP) is 3.06. The SMILES string of the molecule is CCC[C@@H](C[C@@H](N)c1ccccc1)C(=O)OCC. The van der Waals surface area contributed by atoms with Crippen LogP contribution in [0.1, 0.15) is 44.7 Å². The van der Waals surface area contributed by atoms with Gasteiger partial charge < -0.3 is 10.5 Å². The quantitative estimate of drug-likeness (QED) is 0.756. The third-order valence-corrected chi connectivity index (χ3v) is 3.02. The molecule has 0 radical (unpaired) electrons. The van der Waals surface area contributed by atoms with E-state index < -0.39 is 0 Å². The zero-order valence-corrected chi connectivity index (χ0v) is 11.3. The second-order valence-electron chi connectivity index (χ2n) is 4.49. The summed E-state index contributed by atoms with van der Waals surface area (Å²) < 4.78 is 5.10. The lowest BCUT2D eigenvalue weighted by Crippen LogP contribution is -2.23. The second kappa shape index (κ2) is 7.88. The number of carbonyl (C=O) groups is 1. The minimum absolute atomic E-state index is 0.0924. The molecule has 3 heteroatoms. The Morgan fingerprint density at radius 3 is 2.50 bits per heavy atom. The van der Waals surface area contributed by atoms with Crippen LogP contribution in [0.15, 0.2) is 30.3 Å². The van der Waals surface area contributed by atoms with Crippen molar-refractivity contribution >= 4 is 5.97 Å². The van der Waals surface area contributed by atoms with Crippen molar-refractivity contribution < 1.29 is 9.53 Å². The summed E-state index contributed by atoms with van der Waals surface area (Å²) >= 11 is 0. The lowest BCUT2D eigenvalue weighted by molar-refractivity contribution is -0.148. The van der Waals surface area contributed by atoms with Gasteiger partial charge in [0.15, 0.2) is 0 Å². The molecular formula is C15H23NO2. The normalized spacial score (nSPS) is 13.9. The summed E-state index contributed by atoms with van der Waals surface area (Å²) in [5.41, 5.74) is 7.22. The van der Waals surface area contributed by atoms with Crippen molar-refractivity contribution in [3.63, 3.8) is 0 Å². The third kappa shape index (κ3) is 4.49. The van der Waals surface area contributed by atoms with Gasteiger partial charge in [0.25, 0.3) is 0 Å². The number of hydrogen-bond acceptors (Lipinski definition) is 3. The minimum Gasteiger partial charge on any atom is -0.466 e. The average molecular weight is 249 g/mol. The molecule has 18 heavy (non-hydrogen) atoms. The first-order valence-electron chi connectivity index (χ1n) is 6.66. The van der Waals surface area contributed by atoms with Gasteiger partial charge in [-0.25, -0.2) is 0 Å². The van der Waals surface area contributed by atoms with E-state index in [1.165, 1.54) is 0 Å². The highest BCUT2D eigenvalue weighted by Gasteiger charge is 2.22. The number of rotatable bonds is 7. The van der Waals surface area contributed by atoms with Gasteiger partial charge >= 0.3 is 5.97 Å². The van der Waals surface area contributed by atoms with Gasteiger partial charge in [0.05, 0.1) is 12.5 Å². The van der Waals surface area contributed by atoms with E-state index in [-0.39, 0.29) is 17.9 Å². The molecule has 0 saturated heterocycles. The zero-order chi connectivity index (χ0) is 13.4. The van der Waals surface area contributed by atoms with Crippen LogP contribution in [0.3, 0.4) is 0 Å². The molecule has 0 aliphatic heterocycles. The molecule has 1 aromatic carbocycles. The van der Waals surface area contributed by atoms with Gasteiger partial charge in [-0.1, -0.05) is 43.7 Å². The molecule has 1 rings (SSSR count). The summed E-state index contributed by atoms with van der Waals surface area (Å²) in [5, 5.41) is 0. The molecule has 0 aromatic heterocycles. The molecular weight excluding hydrogens is 226 g/mol. The minimum atomic E-state index is -0.120. The van der Waals surface area contributed by atoms with Gasteiger partial charge in [0.2, 0.25) is 0 Å². The van der Waals surface area contributed by atoms with Crippen LogP contribution in [0.4, 0.5) is 0 Å². The maximum atomic E-state index is 11.8. The summed E-state index contributed by atoms with van der Waals surface area (Å²) in [5.74, 6) is -0.212. The van der Waals surface area contributed by atoms with E-state index in [1.54, 1.807) is 0 Å². The maximum absolute atomic E-state index is 11.8. The van der Waals surface area contributed by atoms with Gasteiger partial charge in [-0.05, 0) is 25.3 Å². The second-order valence-corrected chi connectivity index (χ2v) is 4.49. The highest BCUT2D eigenvalue weighted by atomic mass is 16.5. The van der Waals surface area contributed by atoms with Crippen molar-refractivity contribution in [1.82, 2.24) is 0 Å². The highest BCUT2D eigenvalue weighted by molar-refractivity contribution is 5.72. The summed E-state index contributed by atoms with van der Waals surface area (Å²) in [6.45, 7) is 4.33. The lowest BCUT2D eigenvalue weighted by atomic mass is 9.92. The molecule has 0 fully saturated rings. The van der Waals surface area contributed by atoms with Crippen LogP contribution in [0.25, 0.3) is 0 Å². The van der Waals surface area contributed by atoms with Crippen molar-refractivity contribution in [2.75, 3.05) is 6.61 Å². The molecule has 0 aliphatic carbocycles. The number of ether oxygens (including phenoxy) is 1. The van der Waals surface area contributed by atoms with Crippen LogP contribution >= 0.6 is 0 Å². The van der Waals surface area contributed by atoms with Crippen molar-refractivity contribution in [3.8, 4) is 0 Å². The van der Waals surface area contributed by atoms with Gasteiger partial charge in [0.1, 0.15) is 0 Å². The van der Waals surface area contributed by atoms with Crippen molar-refractivity contribution in [1.29, 1.82) is 0 Å². The van der Waals surface area contributed by atoms with Crippen molar-refractivity contribution in [3.05, 3.63) is 35.9 Å². The highest BCUT2D eigenvalue weighted by Crippen LogP contribution is 2.23. The fourth-order valence-electron chi connectivity index (χ4n) is 2.08. The molecule has 3 nitrogen and oxygen atoms in total. The van der Waals surface area contributed by atoms with Crippen LogP contribution < -0.4 is 5.73 Å². The smallest absolute Gasteiger partial charge is 0.308 e. The monoisotopic (exact) mass is 249 g/mol. The average Bonchev–Trinajstić information content (AvgIpc) is 2.39. The molecule has 100 valence electrons. The van der Waals surface area contributed by atoms with E-state index in [9.17, 15) is 4.79 Å². The number of carbonyl (C=O) groups excluding carboxylic acids is 1. The van der Waals surface area contributed by atoms with Crippen LogP contribution in [-0.2, 0) is 9.53 Å². The van der Waals surface area contributed by atoms with Crippen molar-refractivity contribution in [2.45, 2.75) is 39.2 Å². The summed E-state index contributed by atoms with van der Waals surface area (Å²) in [6, 6.07) is 9.79. The standard InChI is InChI=1S/C15H23NO2/c1-3-8-13(15(17)18-4-2)11-14(16)12-9-6-5-7-10-12/h5-7,9-10,13-14H,3-4,8,11,16H2,1-2H3/t13-,14+/m0/s1. The van der Waals surface area contributed by atoms with E-state index in [0.717, 1.165) is 18.4 Å². The Bertz CT molecular complexity index is 351. The van der Waals surface area contributed by atoms with Crippen LogP contribution in [0.5, 0.6) is 0 Å². The van der Waals surface area contributed by atoms with E-state index in [4.69, 9.17) is 10.5 Å². The van der Waals surface area contributed by atoms with Crippen LogP contribution in [0, 0.1) is 5.92 Å². The molecule has 0 aliphatic rings. The topological polar surface area (TPSA) is 52.3 Å². The van der Waals surface area contributed by atoms with Crippen molar-refractivity contribution in [2.24, 2.45) is 11.7 Å². The Kier molecular flexibility index (Phi) is 6.44. The molecule has 2 N–H and O–H groups in total. The van der Waals surface area contributed by atoms with E-state index in [0.29, 0.717) is 13.0 Å². The first-order chi connectivity index (χ1) is 8.69. The Morgan fingerprint density at radius 1 is 1.28 bits per heavy atom. The predicted molar refractivity (Wildman–Crippen MR) is 73.0 cm³/mol. The first-order valence-corrected chi connectivity index (χ1v) is 6.66. The number of esters is 1. The third-order valence-electron chi connectivity index (χ3n) is 3.02. The summed E-state index contributed by atoms with van der Waals surface area (Å²) in [4.78, 5) is 11.8. The number of nitrogens with two attached hydrogens (primary N) is 1. The molecule has 0 bridgehead atoms. The van der Waals surface area contributed by atoms with Gasteiger partial charge in [-0.15, -0.1) is 0 Å². The lowest BCUT2D eigenvalue weighted by Gasteiger charge is -2.19. The fourth-order valence-corrected chi connectivity index (χ4v) is 2.08. The molecule has 0 amide bonds. The van der Waals surface area contributed by atoms with Crippen LogP contribution in [0.2, 0.25) is 0 Å². The molecule has 0 unspecified atom stereocenters. The van der Waals surface area contributed by atoms with E-state index >= 15 is 0 Å². The summed E-state index contributed by atoms with van der Waals surface area (Å²) in [7, 11) is 0. The van der Waals surface area contributed by atoms with Gasteiger partial charge in [-0.2, -0.15) is 0 Å². The number of hydrogen-bond donors (Lipinski definition) is 1. The van der Waals surface area contributed by atoms with Gasteiger partial charge in [-0.3, -0.25) is 4.79 Å². The molecule has 1 aromatic rings. The maximum Gasteiger partial charge on any atom is 0.308 e. The fraction of sp³-hybridized carbons (Fsp3) is 0.533. The molecule has 0 saturated carbocycles. The Hall–Kier alpha value is -1.35. The molecule has 0 spiro atoms. The van der Waals surface area contributed by atoms with Crippen LogP contribution in [-0.4, -0.2) is 12.6 Å². The Morgan fingerprint density at radius 2 is 1.94 bits per heavy atom. The van der Waals surface area contributed by atoms with E-state index in [2.05, 4.69) is 6.92 Å². The molecule has 2 atom stereocenters. The van der Waals surface area contributed by atoms with Gasteiger partial charge in [0, 0.05) is 6.04 Å². The zero-order valence-electron chi connectivity index (χ0n) is 11.3. The molecule has 0 heterocycles. The van der Waals surface area contributed by atoms with E-state index in [1.807, 2.05) is 37.3 Å². The first kappa shape index (κ1) is 14.7. The largest absolute Gasteiger partial charge is 0.466 e.